The first-order chi connectivity index (χ1) is 11.0. The maximum absolute atomic E-state index is 11.8. The van der Waals surface area contributed by atoms with Crippen molar-refractivity contribution in [2.24, 2.45) is 0 Å². The number of hydrogen-bond donors (Lipinski definition) is 3. The summed E-state index contributed by atoms with van der Waals surface area (Å²) < 4.78 is 4.91. The smallest absolute Gasteiger partial charge is 0.266 e. The van der Waals surface area contributed by atoms with Crippen LogP contribution in [0.5, 0.6) is 0 Å². The molecule has 0 fully saturated rings. The van der Waals surface area contributed by atoms with E-state index < -0.39 is 0 Å². The van der Waals surface area contributed by atoms with Gasteiger partial charge >= 0.3 is 0 Å². The zero-order chi connectivity index (χ0) is 17.2. The molecule has 0 aromatic carbocycles. The van der Waals surface area contributed by atoms with Crippen LogP contribution in [0.25, 0.3) is 0 Å². The number of amides is 1. The van der Waals surface area contributed by atoms with Crippen LogP contribution in [0.2, 0.25) is 0 Å². The number of carbonyl (C=O) groups excluding carboxylic acids is 1. The van der Waals surface area contributed by atoms with E-state index in [1.54, 1.807) is 21.0 Å². The lowest BCUT2D eigenvalue weighted by Crippen LogP contribution is -2.33. The van der Waals surface area contributed by atoms with Gasteiger partial charge in [-0.3, -0.25) is 9.59 Å². The van der Waals surface area contributed by atoms with Crippen LogP contribution in [0.3, 0.4) is 0 Å². The van der Waals surface area contributed by atoms with Gasteiger partial charge in [0.2, 0.25) is 5.91 Å². The molecular weight excluding hydrogens is 332 g/mol. The van der Waals surface area contributed by atoms with Crippen molar-refractivity contribution in [3.8, 4) is 6.07 Å². The number of carbonyl (C=O) groups is 1. The highest BCUT2D eigenvalue weighted by Gasteiger charge is 2.13. The van der Waals surface area contributed by atoms with Gasteiger partial charge in [0.25, 0.3) is 5.56 Å². The van der Waals surface area contributed by atoms with Gasteiger partial charge in [-0.1, -0.05) is 0 Å². The maximum Gasteiger partial charge on any atom is 0.266 e. The molecule has 0 bridgehead atoms. The van der Waals surface area contributed by atoms with Crippen LogP contribution in [-0.4, -0.2) is 44.2 Å². The number of aromatic amines is 1. The Kier molecular flexibility index (Phi) is 10.7. The van der Waals surface area contributed by atoms with Crippen LogP contribution >= 0.6 is 12.4 Å². The third kappa shape index (κ3) is 6.71. The number of nitriles is 1. The Morgan fingerprint density at radius 3 is 2.62 bits per heavy atom. The third-order valence-corrected chi connectivity index (χ3v) is 3.63. The van der Waals surface area contributed by atoms with E-state index in [-0.39, 0.29) is 29.4 Å². The normalized spacial score (nSPS) is 9.92. The van der Waals surface area contributed by atoms with Crippen LogP contribution < -0.4 is 16.2 Å². The first kappa shape index (κ1) is 22.1. The molecule has 0 aliphatic rings. The molecule has 7 nitrogen and oxygen atoms in total. The summed E-state index contributed by atoms with van der Waals surface area (Å²) in [5, 5.41) is 15.0. The molecule has 1 rings (SSSR count). The van der Waals surface area contributed by atoms with E-state index in [2.05, 4.69) is 15.6 Å². The highest BCUT2D eigenvalue weighted by atomic mass is 35.5. The summed E-state index contributed by atoms with van der Waals surface area (Å²) in [7, 11) is 1.64. The Labute approximate surface area is 148 Å². The summed E-state index contributed by atoms with van der Waals surface area (Å²) in [6.07, 6.45) is 0.808. The monoisotopic (exact) mass is 356 g/mol. The molecule has 0 saturated heterocycles. The lowest BCUT2D eigenvalue weighted by Gasteiger charge is -2.11. The molecular formula is C16H25ClN4O3. The van der Waals surface area contributed by atoms with Gasteiger partial charge in [-0.05, 0) is 31.4 Å². The molecule has 0 atom stereocenters. The molecule has 3 N–H and O–H groups in total. The predicted octanol–water partition coefficient (Wildman–Crippen LogP) is 0.570. The standard InChI is InChI=1S/C16H24N4O3.ClH/c1-11-13(12(2)20-16(22)14(11)10-17)4-5-15(21)19-7-6-18-8-9-23-3;/h18H,4-9H2,1-3H3,(H,19,21)(H,20,22);1H. The number of aryl methyl sites for hydroxylation is 1. The quantitative estimate of drug-likeness (QED) is 0.561. The van der Waals surface area contributed by atoms with Crippen LogP contribution in [0, 0.1) is 25.2 Å². The molecule has 8 heteroatoms. The van der Waals surface area contributed by atoms with Crippen molar-refractivity contribution in [2.75, 3.05) is 33.4 Å². The number of hydrogen-bond acceptors (Lipinski definition) is 5. The van der Waals surface area contributed by atoms with Gasteiger partial charge in [0.1, 0.15) is 11.6 Å². The Morgan fingerprint density at radius 2 is 2.00 bits per heavy atom. The van der Waals surface area contributed by atoms with E-state index in [0.717, 1.165) is 12.1 Å². The number of aromatic nitrogens is 1. The molecule has 1 heterocycles. The zero-order valence-corrected chi connectivity index (χ0v) is 15.1. The molecule has 134 valence electrons. The van der Waals surface area contributed by atoms with Crippen molar-refractivity contribution in [2.45, 2.75) is 26.7 Å². The Bertz CT molecular complexity index is 637. The zero-order valence-electron chi connectivity index (χ0n) is 14.3. The molecule has 1 aromatic rings. The third-order valence-electron chi connectivity index (χ3n) is 3.63. The number of nitrogens with zero attached hydrogens (tertiary/aromatic N) is 1. The molecule has 24 heavy (non-hydrogen) atoms. The Hall–Kier alpha value is -1.88. The topological polar surface area (TPSA) is 107 Å². The van der Waals surface area contributed by atoms with Crippen LogP contribution in [0.4, 0.5) is 0 Å². The van der Waals surface area contributed by atoms with Crippen molar-refractivity contribution < 1.29 is 9.53 Å². The lowest BCUT2D eigenvalue weighted by atomic mass is 9.99. The van der Waals surface area contributed by atoms with Crippen molar-refractivity contribution in [1.82, 2.24) is 15.6 Å². The van der Waals surface area contributed by atoms with Gasteiger partial charge in [-0.2, -0.15) is 5.26 Å². The minimum Gasteiger partial charge on any atom is -0.383 e. The van der Waals surface area contributed by atoms with Gasteiger partial charge in [0.05, 0.1) is 6.61 Å². The molecule has 0 unspecified atom stereocenters. The number of pyridine rings is 1. The Morgan fingerprint density at radius 1 is 1.29 bits per heavy atom. The fraction of sp³-hybridized carbons (Fsp3) is 0.562. The predicted molar refractivity (Wildman–Crippen MR) is 94.6 cm³/mol. The van der Waals surface area contributed by atoms with Gasteiger partial charge < -0.3 is 20.4 Å². The average molecular weight is 357 g/mol. The average Bonchev–Trinajstić information content (AvgIpc) is 2.50. The largest absolute Gasteiger partial charge is 0.383 e. The number of nitrogens with one attached hydrogen (secondary N) is 3. The van der Waals surface area contributed by atoms with Crippen LogP contribution in [0.15, 0.2) is 4.79 Å². The summed E-state index contributed by atoms with van der Waals surface area (Å²) in [5.41, 5.74) is 1.96. The number of halogens is 1. The molecule has 0 radical (unpaired) electrons. The van der Waals surface area contributed by atoms with Gasteiger partial charge in [-0.15, -0.1) is 12.4 Å². The molecule has 0 saturated carbocycles. The van der Waals surface area contributed by atoms with Crippen molar-refractivity contribution in [3.05, 3.63) is 32.7 Å². The molecule has 1 aromatic heterocycles. The van der Waals surface area contributed by atoms with Crippen LogP contribution in [-0.2, 0) is 16.0 Å². The second-order valence-electron chi connectivity index (χ2n) is 5.26. The number of rotatable bonds is 9. The summed E-state index contributed by atoms with van der Waals surface area (Å²) in [6, 6.07) is 1.91. The highest BCUT2D eigenvalue weighted by Crippen LogP contribution is 2.14. The van der Waals surface area contributed by atoms with E-state index in [1.165, 1.54) is 0 Å². The fourth-order valence-corrected chi connectivity index (χ4v) is 2.34. The summed E-state index contributed by atoms with van der Waals surface area (Å²) in [4.78, 5) is 26.2. The van der Waals surface area contributed by atoms with Crippen molar-refractivity contribution in [3.63, 3.8) is 0 Å². The first-order valence-electron chi connectivity index (χ1n) is 7.60. The second-order valence-corrected chi connectivity index (χ2v) is 5.26. The number of ether oxygens (including phenoxy) is 1. The minimum absolute atomic E-state index is 0. The molecule has 1 amide bonds. The van der Waals surface area contributed by atoms with Gasteiger partial charge in [0.15, 0.2) is 0 Å². The number of H-pyrrole nitrogens is 1. The maximum atomic E-state index is 11.8. The van der Waals surface area contributed by atoms with E-state index >= 15 is 0 Å². The van der Waals surface area contributed by atoms with Crippen molar-refractivity contribution >= 4 is 18.3 Å². The molecule has 0 aliphatic heterocycles. The summed E-state index contributed by atoms with van der Waals surface area (Å²) in [5.74, 6) is -0.0537. The number of methoxy groups -OCH3 is 1. The van der Waals surface area contributed by atoms with E-state index in [0.29, 0.717) is 43.8 Å². The Balaban J connectivity index is 0.00000529. The second kappa shape index (κ2) is 11.6. The summed E-state index contributed by atoms with van der Waals surface area (Å²) >= 11 is 0. The SMILES string of the molecule is COCCNCCNC(=O)CCc1c(C)[nH]c(=O)c(C#N)c1C.Cl. The van der Waals surface area contributed by atoms with E-state index in [1.807, 2.05) is 6.07 Å². The van der Waals surface area contributed by atoms with Crippen molar-refractivity contribution in [1.29, 1.82) is 5.26 Å². The van der Waals surface area contributed by atoms with Gasteiger partial charge in [0, 0.05) is 38.9 Å². The van der Waals surface area contributed by atoms with E-state index in [9.17, 15) is 9.59 Å². The minimum atomic E-state index is -0.377. The first-order valence-corrected chi connectivity index (χ1v) is 7.60. The lowest BCUT2D eigenvalue weighted by molar-refractivity contribution is -0.121. The molecule has 0 spiro atoms. The molecule has 0 aliphatic carbocycles. The van der Waals surface area contributed by atoms with Crippen LogP contribution in [0.1, 0.15) is 28.8 Å². The fourth-order valence-electron chi connectivity index (χ4n) is 2.34. The van der Waals surface area contributed by atoms with Gasteiger partial charge in [-0.25, -0.2) is 0 Å². The summed E-state index contributed by atoms with van der Waals surface area (Å²) in [6.45, 7) is 6.15. The van der Waals surface area contributed by atoms with E-state index in [4.69, 9.17) is 10.00 Å². The highest BCUT2D eigenvalue weighted by molar-refractivity contribution is 5.85.